The smallest absolute Gasteiger partial charge is 0.246 e. The second-order valence-electron chi connectivity index (χ2n) is 8.12. The number of piperidine rings is 1. The number of nitrogens with zero attached hydrogens (tertiary/aromatic N) is 2. The minimum atomic E-state index is -4.14. The first kappa shape index (κ1) is 24.3. The molecule has 1 amide bonds. The largest absolute Gasteiger partial charge is 0.356 e. The molecule has 0 aromatic heterocycles. The molecule has 0 spiro atoms. The van der Waals surface area contributed by atoms with E-state index in [-0.39, 0.29) is 24.9 Å². The molecule has 0 unspecified atom stereocenters. The van der Waals surface area contributed by atoms with Gasteiger partial charge in [-0.3, -0.25) is 4.79 Å². The van der Waals surface area contributed by atoms with Gasteiger partial charge in [-0.1, -0.05) is 30.3 Å². The van der Waals surface area contributed by atoms with E-state index >= 15 is 0 Å². The summed E-state index contributed by atoms with van der Waals surface area (Å²) in [6.45, 7) is 2.41. The third-order valence-electron chi connectivity index (χ3n) is 5.65. The summed E-state index contributed by atoms with van der Waals surface area (Å²) in [5.41, 5.74) is 1.24. The van der Waals surface area contributed by atoms with Gasteiger partial charge in [-0.05, 0) is 56.6 Å². The summed E-state index contributed by atoms with van der Waals surface area (Å²) in [4.78, 5) is 14.0. The molecule has 0 aliphatic carbocycles. The second-order valence-corrected chi connectivity index (χ2v) is 10.0. The molecule has 0 bridgehead atoms. The van der Waals surface area contributed by atoms with Gasteiger partial charge in [-0.15, -0.1) is 0 Å². The van der Waals surface area contributed by atoms with Crippen LogP contribution in [0.4, 0.5) is 8.78 Å². The van der Waals surface area contributed by atoms with E-state index in [9.17, 15) is 22.0 Å². The number of benzene rings is 2. The van der Waals surface area contributed by atoms with Crippen molar-refractivity contribution in [2.24, 2.45) is 5.92 Å². The fourth-order valence-corrected chi connectivity index (χ4v) is 5.40. The molecule has 1 saturated heterocycles. The Labute approximate surface area is 188 Å². The van der Waals surface area contributed by atoms with E-state index in [1.54, 1.807) is 0 Å². The van der Waals surface area contributed by atoms with Gasteiger partial charge in [0.2, 0.25) is 15.9 Å². The van der Waals surface area contributed by atoms with E-state index in [0.29, 0.717) is 25.5 Å². The van der Waals surface area contributed by atoms with Gasteiger partial charge in [0.15, 0.2) is 0 Å². The van der Waals surface area contributed by atoms with Gasteiger partial charge in [0, 0.05) is 32.1 Å². The number of amides is 1. The SMILES string of the molecule is CN(CCCNC(=O)C1CCN(S(=O)(=O)c2cc(F)ccc2F)CC1)Cc1ccccc1. The van der Waals surface area contributed by atoms with Crippen LogP contribution in [0.1, 0.15) is 24.8 Å². The molecule has 9 heteroatoms. The van der Waals surface area contributed by atoms with E-state index in [1.807, 2.05) is 25.2 Å². The Hall–Kier alpha value is -2.36. The Morgan fingerprint density at radius 1 is 1.12 bits per heavy atom. The van der Waals surface area contributed by atoms with Crippen molar-refractivity contribution in [2.45, 2.75) is 30.7 Å². The van der Waals surface area contributed by atoms with Crippen molar-refractivity contribution in [2.75, 3.05) is 33.2 Å². The Kier molecular flexibility index (Phi) is 8.33. The van der Waals surface area contributed by atoms with Crippen LogP contribution in [0.15, 0.2) is 53.4 Å². The summed E-state index contributed by atoms with van der Waals surface area (Å²) >= 11 is 0. The third-order valence-corrected chi connectivity index (χ3v) is 7.56. The van der Waals surface area contributed by atoms with Crippen molar-refractivity contribution in [3.63, 3.8) is 0 Å². The Morgan fingerprint density at radius 2 is 1.81 bits per heavy atom. The molecule has 3 rings (SSSR count). The lowest BCUT2D eigenvalue weighted by atomic mass is 9.97. The highest BCUT2D eigenvalue weighted by atomic mass is 32.2. The van der Waals surface area contributed by atoms with Crippen LogP contribution < -0.4 is 5.32 Å². The number of carbonyl (C=O) groups excluding carboxylic acids is 1. The molecular formula is C23H29F2N3O3S. The lowest BCUT2D eigenvalue weighted by Gasteiger charge is -2.30. The molecule has 1 N–H and O–H groups in total. The van der Waals surface area contributed by atoms with Crippen LogP contribution in [0.2, 0.25) is 0 Å². The molecule has 6 nitrogen and oxygen atoms in total. The molecule has 0 saturated carbocycles. The lowest BCUT2D eigenvalue weighted by Crippen LogP contribution is -2.43. The van der Waals surface area contributed by atoms with Crippen LogP contribution in [0.5, 0.6) is 0 Å². The first-order valence-corrected chi connectivity index (χ1v) is 12.2. The molecule has 2 aromatic rings. The Bertz CT molecular complexity index is 1010. The zero-order valence-electron chi connectivity index (χ0n) is 18.1. The van der Waals surface area contributed by atoms with E-state index in [4.69, 9.17) is 0 Å². The molecule has 1 aliphatic heterocycles. The Balaban J connectivity index is 1.41. The summed E-state index contributed by atoms with van der Waals surface area (Å²) < 4.78 is 53.8. The van der Waals surface area contributed by atoms with Crippen molar-refractivity contribution < 1.29 is 22.0 Å². The van der Waals surface area contributed by atoms with Crippen LogP contribution in [-0.2, 0) is 21.4 Å². The maximum Gasteiger partial charge on any atom is 0.246 e. The minimum Gasteiger partial charge on any atom is -0.356 e. The van der Waals surface area contributed by atoms with Crippen LogP contribution in [-0.4, -0.2) is 56.8 Å². The maximum atomic E-state index is 13.9. The lowest BCUT2D eigenvalue weighted by molar-refractivity contribution is -0.126. The van der Waals surface area contributed by atoms with Crippen molar-refractivity contribution >= 4 is 15.9 Å². The van der Waals surface area contributed by atoms with Crippen LogP contribution in [0.25, 0.3) is 0 Å². The monoisotopic (exact) mass is 465 g/mol. The molecule has 1 aliphatic rings. The second kappa shape index (κ2) is 11.0. The number of sulfonamides is 1. The number of rotatable bonds is 9. The summed E-state index contributed by atoms with van der Waals surface area (Å²) in [5, 5.41) is 2.93. The van der Waals surface area contributed by atoms with E-state index in [1.165, 1.54) is 5.56 Å². The van der Waals surface area contributed by atoms with E-state index < -0.39 is 26.6 Å². The average Bonchev–Trinajstić information content (AvgIpc) is 2.79. The number of hydrogen-bond acceptors (Lipinski definition) is 4. The molecule has 0 atom stereocenters. The van der Waals surface area contributed by atoms with Gasteiger partial charge >= 0.3 is 0 Å². The van der Waals surface area contributed by atoms with Gasteiger partial charge in [0.1, 0.15) is 16.5 Å². The number of nitrogens with one attached hydrogen (secondary N) is 1. The fraction of sp³-hybridized carbons (Fsp3) is 0.435. The number of carbonyl (C=O) groups is 1. The summed E-state index contributed by atoms with van der Waals surface area (Å²) in [5.74, 6) is -2.18. The van der Waals surface area contributed by atoms with Crippen LogP contribution >= 0.6 is 0 Å². The van der Waals surface area contributed by atoms with Gasteiger partial charge in [0.25, 0.3) is 0 Å². The van der Waals surface area contributed by atoms with Crippen LogP contribution in [0.3, 0.4) is 0 Å². The van der Waals surface area contributed by atoms with Crippen molar-refractivity contribution in [1.82, 2.24) is 14.5 Å². The van der Waals surface area contributed by atoms with Crippen LogP contribution in [0, 0.1) is 17.6 Å². The van der Waals surface area contributed by atoms with Crippen molar-refractivity contribution in [1.29, 1.82) is 0 Å². The van der Waals surface area contributed by atoms with Gasteiger partial charge in [0.05, 0.1) is 0 Å². The highest BCUT2D eigenvalue weighted by Gasteiger charge is 2.33. The van der Waals surface area contributed by atoms with E-state index in [0.717, 1.165) is 35.9 Å². The fourth-order valence-electron chi connectivity index (χ4n) is 3.85. The standard InChI is InChI=1S/C23H29F2N3O3S/c1-27(17-18-6-3-2-4-7-18)13-5-12-26-23(29)19-10-14-28(15-11-19)32(30,31)22-16-20(24)8-9-21(22)25/h2-4,6-9,16,19H,5,10-15,17H2,1H3,(H,26,29). The number of hydrogen-bond donors (Lipinski definition) is 1. The predicted octanol–water partition coefficient (Wildman–Crippen LogP) is 3.00. The Morgan fingerprint density at radius 3 is 2.50 bits per heavy atom. The van der Waals surface area contributed by atoms with Crippen molar-refractivity contribution in [3.05, 3.63) is 65.7 Å². The molecule has 32 heavy (non-hydrogen) atoms. The molecule has 0 radical (unpaired) electrons. The predicted molar refractivity (Wildman–Crippen MR) is 118 cm³/mol. The highest BCUT2D eigenvalue weighted by molar-refractivity contribution is 7.89. The zero-order valence-corrected chi connectivity index (χ0v) is 19.0. The average molecular weight is 466 g/mol. The molecule has 1 heterocycles. The van der Waals surface area contributed by atoms with Gasteiger partial charge in [-0.25, -0.2) is 17.2 Å². The zero-order chi connectivity index (χ0) is 23.1. The quantitative estimate of drug-likeness (QED) is 0.578. The summed E-state index contributed by atoms with van der Waals surface area (Å²) in [6, 6.07) is 12.5. The minimum absolute atomic E-state index is 0.0929. The first-order valence-electron chi connectivity index (χ1n) is 10.7. The number of halogens is 2. The van der Waals surface area contributed by atoms with Crippen molar-refractivity contribution in [3.8, 4) is 0 Å². The third kappa shape index (κ3) is 6.34. The molecular weight excluding hydrogens is 436 g/mol. The van der Waals surface area contributed by atoms with E-state index in [2.05, 4.69) is 22.3 Å². The molecule has 2 aromatic carbocycles. The maximum absolute atomic E-state index is 13.9. The molecule has 1 fully saturated rings. The van der Waals surface area contributed by atoms with Gasteiger partial charge < -0.3 is 10.2 Å². The summed E-state index contributed by atoms with van der Waals surface area (Å²) in [7, 11) is -2.11. The molecule has 174 valence electrons. The normalized spacial score (nSPS) is 15.8. The highest BCUT2D eigenvalue weighted by Crippen LogP contribution is 2.26. The summed E-state index contributed by atoms with van der Waals surface area (Å²) in [6.07, 6.45) is 1.49. The van der Waals surface area contributed by atoms with Gasteiger partial charge in [-0.2, -0.15) is 4.31 Å². The topological polar surface area (TPSA) is 69.7 Å². The first-order chi connectivity index (χ1) is 15.3.